The third-order valence-corrected chi connectivity index (χ3v) is 5.91. The smallest absolute Gasteiger partial charge is 0.326 e. The van der Waals surface area contributed by atoms with E-state index in [0.29, 0.717) is 5.56 Å². The minimum Gasteiger partial charge on any atom is -0.508 e. The van der Waals surface area contributed by atoms with E-state index in [1.807, 2.05) is 0 Å². The topological polar surface area (TPSA) is 321 Å². The van der Waals surface area contributed by atoms with E-state index in [-0.39, 0.29) is 63.2 Å². The second-order valence-electron chi connectivity index (χ2n) is 9.46. The van der Waals surface area contributed by atoms with Crippen LogP contribution < -0.4 is 44.6 Å². The summed E-state index contributed by atoms with van der Waals surface area (Å²) < 4.78 is 0. The first kappa shape index (κ1) is 35.1. The van der Waals surface area contributed by atoms with Gasteiger partial charge in [-0.3, -0.25) is 29.0 Å². The van der Waals surface area contributed by atoms with Crippen molar-refractivity contribution < 1.29 is 39.0 Å². The number of aliphatic carboxylic acids is 1. The minimum absolute atomic E-state index is 0.0236. The van der Waals surface area contributed by atoms with Crippen LogP contribution in [0, 0.1) is 0 Å². The molecule has 4 unspecified atom stereocenters. The second kappa shape index (κ2) is 17.7. The van der Waals surface area contributed by atoms with E-state index in [4.69, 9.17) is 28.7 Å². The Labute approximate surface area is 241 Å². The average molecular weight is 594 g/mol. The van der Waals surface area contributed by atoms with E-state index in [1.54, 1.807) is 12.1 Å². The van der Waals surface area contributed by atoms with Gasteiger partial charge < -0.3 is 54.8 Å². The molecule has 0 heterocycles. The molecule has 1 aromatic rings. The van der Waals surface area contributed by atoms with Gasteiger partial charge >= 0.3 is 5.97 Å². The van der Waals surface area contributed by atoms with Gasteiger partial charge in [-0.25, -0.2) is 4.79 Å². The number of aromatic hydroxyl groups is 1. The van der Waals surface area contributed by atoms with Gasteiger partial charge in [0.25, 0.3) is 0 Å². The number of carbonyl (C=O) groups is 6. The van der Waals surface area contributed by atoms with Gasteiger partial charge in [0.05, 0.1) is 6.04 Å². The number of benzene rings is 1. The number of nitrogens with one attached hydrogen (secondary N) is 3. The molecule has 0 aliphatic carbocycles. The Morgan fingerprint density at radius 3 is 1.67 bits per heavy atom. The standard InChI is InChI=1S/C25H39N9O8/c26-15(12-13-3-5-14(35)6-4-13)21(38)32-16(7-9-19(27)36)22(39)33-17(8-10-20(28)37)23(40)34-18(24(41)42)2-1-11-31-25(29)30/h3-6,15-18,35H,1-2,7-12,26H2,(H2,27,36)(H2,28,37)(H,32,38)(H,33,39)(H,34,40)(H,41,42)(H4,29,30,31). The number of nitrogens with zero attached hydrogens (tertiary/aromatic N) is 1. The lowest BCUT2D eigenvalue weighted by atomic mass is 10.0. The molecular formula is C25H39N9O8. The maximum Gasteiger partial charge on any atom is 0.326 e. The summed E-state index contributed by atoms with van der Waals surface area (Å²) in [6.07, 6.45) is -0.962. The monoisotopic (exact) mass is 593 g/mol. The first-order valence-electron chi connectivity index (χ1n) is 13.0. The Bertz CT molecular complexity index is 1140. The zero-order valence-corrected chi connectivity index (χ0v) is 23.0. The van der Waals surface area contributed by atoms with Gasteiger partial charge in [0.2, 0.25) is 29.5 Å². The van der Waals surface area contributed by atoms with Gasteiger partial charge in [-0.05, 0) is 49.8 Å². The summed E-state index contributed by atoms with van der Waals surface area (Å²) in [7, 11) is 0. The molecule has 0 fully saturated rings. The Hall–Kier alpha value is -4.93. The fraction of sp³-hybridized carbons (Fsp3) is 0.480. The molecule has 17 nitrogen and oxygen atoms in total. The molecule has 4 atom stereocenters. The minimum atomic E-state index is -1.43. The summed E-state index contributed by atoms with van der Waals surface area (Å²) in [5.41, 5.74) is 27.5. The number of nitrogens with two attached hydrogens (primary N) is 5. The number of hydrogen-bond donors (Lipinski definition) is 10. The Morgan fingerprint density at radius 2 is 1.21 bits per heavy atom. The van der Waals surface area contributed by atoms with Crippen LogP contribution >= 0.6 is 0 Å². The predicted octanol–water partition coefficient (Wildman–Crippen LogP) is -3.61. The highest BCUT2D eigenvalue weighted by atomic mass is 16.4. The van der Waals surface area contributed by atoms with Crippen LogP contribution in [0.1, 0.15) is 44.1 Å². The van der Waals surface area contributed by atoms with Crippen LogP contribution in [-0.4, -0.2) is 82.4 Å². The summed E-state index contributed by atoms with van der Waals surface area (Å²) in [4.78, 5) is 77.1. The molecule has 5 amide bonds. The van der Waals surface area contributed by atoms with Crippen LogP contribution in [0.15, 0.2) is 29.3 Å². The Balaban J connectivity index is 3.02. The van der Waals surface area contributed by atoms with E-state index >= 15 is 0 Å². The zero-order valence-electron chi connectivity index (χ0n) is 23.0. The van der Waals surface area contributed by atoms with Crippen LogP contribution in [0.4, 0.5) is 0 Å². The van der Waals surface area contributed by atoms with Crippen molar-refractivity contribution in [2.75, 3.05) is 6.54 Å². The van der Waals surface area contributed by atoms with Crippen LogP contribution in [0.2, 0.25) is 0 Å². The number of guanidine groups is 1. The molecule has 0 aliphatic heterocycles. The maximum absolute atomic E-state index is 13.2. The summed E-state index contributed by atoms with van der Waals surface area (Å²) in [5, 5.41) is 26.0. The lowest BCUT2D eigenvalue weighted by Crippen LogP contribution is -2.57. The molecule has 17 heteroatoms. The third kappa shape index (κ3) is 13.9. The molecule has 0 saturated heterocycles. The number of amides is 5. The number of phenolic OH excluding ortho intramolecular Hbond substituents is 1. The number of carbonyl (C=O) groups excluding carboxylic acids is 5. The van der Waals surface area contributed by atoms with Crippen molar-refractivity contribution in [2.45, 2.75) is 69.1 Å². The Morgan fingerprint density at radius 1 is 0.738 bits per heavy atom. The third-order valence-electron chi connectivity index (χ3n) is 5.91. The molecule has 232 valence electrons. The van der Waals surface area contributed by atoms with E-state index in [2.05, 4.69) is 20.9 Å². The van der Waals surface area contributed by atoms with Gasteiger partial charge in [-0.15, -0.1) is 0 Å². The molecular weight excluding hydrogens is 554 g/mol. The van der Waals surface area contributed by atoms with Crippen molar-refractivity contribution >= 4 is 41.5 Å². The highest BCUT2D eigenvalue weighted by Gasteiger charge is 2.30. The quantitative estimate of drug-likeness (QED) is 0.0424. The van der Waals surface area contributed by atoms with E-state index in [1.165, 1.54) is 12.1 Å². The van der Waals surface area contributed by atoms with Gasteiger partial charge in [-0.2, -0.15) is 0 Å². The fourth-order valence-corrected chi connectivity index (χ4v) is 3.67. The van der Waals surface area contributed by atoms with Crippen molar-refractivity contribution in [1.29, 1.82) is 0 Å². The molecule has 1 rings (SSSR count). The lowest BCUT2D eigenvalue weighted by Gasteiger charge is -2.25. The molecule has 0 aliphatic rings. The number of carboxylic acid groups (broad SMARTS) is 1. The van der Waals surface area contributed by atoms with E-state index in [9.17, 15) is 39.0 Å². The molecule has 42 heavy (non-hydrogen) atoms. The summed E-state index contributed by atoms with van der Waals surface area (Å²) in [6, 6.07) is 0.668. The van der Waals surface area contributed by atoms with Crippen LogP contribution in [0.5, 0.6) is 5.75 Å². The molecule has 0 spiro atoms. The number of rotatable bonds is 19. The summed E-state index contributed by atoms with van der Waals surface area (Å²) >= 11 is 0. The number of carboxylic acids is 1. The highest BCUT2D eigenvalue weighted by Crippen LogP contribution is 2.11. The number of aliphatic imine (C=N–C) groups is 1. The van der Waals surface area contributed by atoms with Crippen molar-refractivity contribution in [3.8, 4) is 5.75 Å². The normalized spacial score (nSPS) is 13.5. The van der Waals surface area contributed by atoms with Gasteiger partial charge in [0.1, 0.15) is 23.9 Å². The maximum atomic E-state index is 13.2. The molecule has 0 aromatic heterocycles. The number of primary amides is 2. The van der Waals surface area contributed by atoms with Gasteiger partial charge in [0.15, 0.2) is 5.96 Å². The molecule has 0 saturated carbocycles. The predicted molar refractivity (Wildman–Crippen MR) is 150 cm³/mol. The lowest BCUT2D eigenvalue weighted by molar-refractivity contribution is -0.142. The SMILES string of the molecule is NC(=O)CCC(NC(=O)C(N)Cc1ccc(O)cc1)C(=O)NC(CCC(N)=O)C(=O)NC(CCCN=C(N)N)C(=O)O. The van der Waals surface area contributed by atoms with E-state index in [0.717, 1.165) is 0 Å². The van der Waals surface area contributed by atoms with Crippen LogP contribution in [0.25, 0.3) is 0 Å². The largest absolute Gasteiger partial charge is 0.508 e. The van der Waals surface area contributed by atoms with Crippen LogP contribution in [0.3, 0.4) is 0 Å². The van der Waals surface area contributed by atoms with Crippen LogP contribution in [-0.2, 0) is 35.2 Å². The fourth-order valence-electron chi connectivity index (χ4n) is 3.67. The number of hydrogen-bond acceptors (Lipinski definition) is 9. The van der Waals surface area contributed by atoms with E-state index < -0.39 is 59.7 Å². The van der Waals surface area contributed by atoms with Gasteiger partial charge in [-0.1, -0.05) is 12.1 Å². The van der Waals surface area contributed by atoms with Crippen molar-refractivity contribution in [3.05, 3.63) is 29.8 Å². The molecule has 0 bridgehead atoms. The number of phenols is 1. The molecule has 1 aromatic carbocycles. The van der Waals surface area contributed by atoms with Crippen molar-refractivity contribution in [2.24, 2.45) is 33.7 Å². The van der Waals surface area contributed by atoms with Crippen molar-refractivity contribution in [1.82, 2.24) is 16.0 Å². The first-order valence-corrected chi connectivity index (χ1v) is 13.0. The summed E-state index contributed by atoms with van der Waals surface area (Å²) in [5.74, 6) is -5.65. The van der Waals surface area contributed by atoms with Gasteiger partial charge in [0, 0.05) is 19.4 Å². The van der Waals surface area contributed by atoms with Crippen molar-refractivity contribution in [3.63, 3.8) is 0 Å². The Kier molecular flexibility index (Phi) is 14.8. The summed E-state index contributed by atoms with van der Waals surface area (Å²) in [6.45, 7) is 0.111. The highest BCUT2D eigenvalue weighted by molar-refractivity contribution is 5.94. The molecule has 15 N–H and O–H groups in total. The molecule has 0 radical (unpaired) electrons. The average Bonchev–Trinajstić information content (AvgIpc) is 2.90. The zero-order chi connectivity index (χ0) is 31.8. The second-order valence-corrected chi connectivity index (χ2v) is 9.46. The first-order chi connectivity index (χ1) is 19.7.